The summed E-state index contributed by atoms with van der Waals surface area (Å²) in [4.78, 5) is 13.3. The molecule has 0 aromatic heterocycles. The number of rotatable bonds is 2. The zero-order chi connectivity index (χ0) is 11.6. The zero-order valence-electron chi connectivity index (χ0n) is 10.5. The Kier molecular flexibility index (Phi) is 3.98. The Balaban J connectivity index is 4.41. The molecule has 0 fully saturated rings. The first kappa shape index (κ1) is 13.3. The maximum Gasteiger partial charge on any atom is 0.410 e. The van der Waals surface area contributed by atoms with Crippen LogP contribution in [0.2, 0.25) is 0 Å². The lowest BCUT2D eigenvalue weighted by molar-refractivity contribution is 0.0106. The van der Waals surface area contributed by atoms with Crippen molar-refractivity contribution >= 4 is 6.09 Å². The summed E-state index contributed by atoms with van der Waals surface area (Å²) in [5.74, 6) is 0. The summed E-state index contributed by atoms with van der Waals surface area (Å²) in [6.07, 6.45) is 0.646. The standard InChI is InChI=1S/C11H23NO2/c1-8-11(5,6)12(7)9(13)14-10(2,3)4/h8H2,1-7H3. The fraction of sp³-hybridized carbons (Fsp3) is 0.909. The van der Waals surface area contributed by atoms with Gasteiger partial charge in [0.05, 0.1) is 0 Å². The van der Waals surface area contributed by atoms with Crippen LogP contribution in [0.5, 0.6) is 0 Å². The summed E-state index contributed by atoms with van der Waals surface area (Å²) in [5, 5.41) is 0. The van der Waals surface area contributed by atoms with Gasteiger partial charge in [-0.05, 0) is 41.0 Å². The summed E-state index contributed by atoms with van der Waals surface area (Å²) in [6, 6.07) is 0. The number of hydrogen-bond donors (Lipinski definition) is 0. The monoisotopic (exact) mass is 201 g/mol. The van der Waals surface area contributed by atoms with Crippen LogP contribution < -0.4 is 0 Å². The maximum absolute atomic E-state index is 11.7. The predicted molar refractivity (Wildman–Crippen MR) is 58.4 cm³/mol. The van der Waals surface area contributed by atoms with Crippen LogP contribution >= 0.6 is 0 Å². The van der Waals surface area contributed by atoms with Gasteiger partial charge in [-0.3, -0.25) is 0 Å². The molecule has 0 radical (unpaired) electrons. The van der Waals surface area contributed by atoms with E-state index in [2.05, 4.69) is 6.92 Å². The van der Waals surface area contributed by atoms with Gasteiger partial charge in [-0.2, -0.15) is 0 Å². The van der Waals surface area contributed by atoms with Crippen molar-refractivity contribution in [3.8, 4) is 0 Å². The number of hydrogen-bond acceptors (Lipinski definition) is 2. The minimum Gasteiger partial charge on any atom is -0.444 e. The van der Waals surface area contributed by atoms with Gasteiger partial charge in [0.2, 0.25) is 0 Å². The highest BCUT2D eigenvalue weighted by molar-refractivity contribution is 5.68. The molecule has 14 heavy (non-hydrogen) atoms. The topological polar surface area (TPSA) is 29.5 Å². The zero-order valence-corrected chi connectivity index (χ0v) is 10.5. The predicted octanol–water partition coefficient (Wildman–Crippen LogP) is 3.04. The molecular weight excluding hydrogens is 178 g/mol. The van der Waals surface area contributed by atoms with E-state index < -0.39 is 5.60 Å². The lowest BCUT2D eigenvalue weighted by Gasteiger charge is -2.35. The molecular formula is C11H23NO2. The minimum absolute atomic E-state index is 0.150. The molecule has 84 valence electrons. The van der Waals surface area contributed by atoms with E-state index in [1.165, 1.54) is 0 Å². The Morgan fingerprint density at radius 2 is 1.64 bits per heavy atom. The minimum atomic E-state index is -0.421. The van der Waals surface area contributed by atoms with Crippen molar-refractivity contribution in [3.63, 3.8) is 0 Å². The third-order valence-corrected chi connectivity index (χ3v) is 2.44. The van der Waals surface area contributed by atoms with Gasteiger partial charge in [-0.1, -0.05) is 6.92 Å². The molecule has 0 aliphatic heterocycles. The van der Waals surface area contributed by atoms with Crippen LogP contribution in [0.15, 0.2) is 0 Å². The van der Waals surface area contributed by atoms with E-state index in [0.717, 1.165) is 6.42 Å². The fourth-order valence-corrected chi connectivity index (χ4v) is 0.815. The third kappa shape index (κ3) is 3.99. The molecule has 0 saturated heterocycles. The van der Waals surface area contributed by atoms with Crippen molar-refractivity contribution in [2.75, 3.05) is 7.05 Å². The van der Waals surface area contributed by atoms with E-state index in [1.54, 1.807) is 11.9 Å². The van der Waals surface area contributed by atoms with Crippen LogP contribution in [0.1, 0.15) is 48.0 Å². The van der Waals surface area contributed by atoms with Crippen LogP contribution in [0.25, 0.3) is 0 Å². The highest BCUT2D eigenvalue weighted by Crippen LogP contribution is 2.19. The number of nitrogens with zero attached hydrogens (tertiary/aromatic N) is 1. The van der Waals surface area contributed by atoms with Gasteiger partial charge in [0.15, 0.2) is 0 Å². The van der Waals surface area contributed by atoms with Crippen molar-refractivity contribution in [2.24, 2.45) is 0 Å². The number of carbonyl (C=O) groups is 1. The molecule has 0 saturated carbocycles. The molecule has 0 N–H and O–H groups in total. The molecule has 0 atom stereocenters. The largest absolute Gasteiger partial charge is 0.444 e. The molecule has 0 aliphatic rings. The summed E-state index contributed by atoms with van der Waals surface area (Å²) in [6.45, 7) is 11.7. The van der Waals surface area contributed by atoms with Crippen LogP contribution in [0.4, 0.5) is 4.79 Å². The molecule has 3 nitrogen and oxygen atoms in total. The smallest absolute Gasteiger partial charge is 0.410 e. The van der Waals surface area contributed by atoms with Gasteiger partial charge in [0.25, 0.3) is 0 Å². The summed E-state index contributed by atoms with van der Waals surface area (Å²) < 4.78 is 5.27. The Morgan fingerprint density at radius 1 is 1.21 bits per heavy atom. The van der Waals surface area contributed by atoms with Crippen LogP contribution in [-0.4, -0.2) is 29.2 Å². The first-order chi connectivity index (χ1) is 6.10. The second-order valence-electron chi connectivity index (χ2n) is 5.21. The Labute approximate surface area is 87.4 Å². The molecule has 0 aromatic rings. The van der Waals surface area contributed by atoms with E-state index in [9.17, 15) is 4.79 Å². The summed E-state index contributed by atoms with van der Waals surface area (Å²) in [5.41, 5.74) is -0.572. The van der Waals surface area contributed by atoms with Gasteiger partial charge < -0.3 is 9.64 Å². The molecule has 0 aliphatic carbocycles. The maximum atomic E-state index is 11.7. The van der Waals surface area contributed by atoms with Crippen molar-refractivity contribution < 1.29 is 9.53 Å². The van der Waals surface area contributed by atoms with E-state index >= 15 is 0 Å². The van der Waals surface area contributed by atoms with E-state index in [-0.39, 0.29) is 11.6 Å². The van der Waals surface area contributed by atoms with Crippen molar-refractivity contribution in [2.45, 2.75) is 59.1 Å². The molecule has 0 aromatic carbocycles. The van der Waals surface area contributed by atoms with Crippen molar-refractivity contribution in [1.82, 2.24) is 4.90 Å². The van der Waals surface area contributed by atoms with Gasteiger partial charge >= 0.3 is 6.09 Å². The Hall–Kier alpha value is -0.730. The second kappa shape index (κ2) is 4.20. The van der Waals surface area contributed by atoms with Gasteiger partial charge in [-0.25, -0.2) is 4.79 Å². The first-order valence-corrected chi connectivity index (χ1v) is 5.07. The lowest BCUT2D eigenvalue weighted by atomic mass is 10.0. The highest BCUT2D eigenvalue weighted by atomic mass is 16.6. The Morgan fingerprint density at radius 3 is 1.93 bits per heavy atom. The second-order valence-corrected chi connectivity index (χ2v) is 5.21. The van der Waals surface area contributed by atoms with Gasteiger partial charge in [-0.15, -0.1) is 0 Å². The number of amides is 1. The van der Waals surface area contributed by atoms with E-state index in [0.29, 0.717) is 0 Å². The van der Waals surface area contributed by atoms with Crippen molar-refractivity contribution in [1.29, 1.82) is 0 Å². The van der Waals surface area contributed by atoms with Gasteiger partial charge in [0, 0.05) is 12.6 Å². The average Bonchev–Trinajstić information content (AvgIpc) is 2.00. The molecule has 0 heterocycles. The summed E-state index contributed by atoms with van der Waals surface area (Å²) in [7, 11) is 1.78. The molecule has 1 amide bonds. The quantitative estimate of drug-likeness (QED) is 0.687. The fourth-order valence-electron chi connectivity index (χ4n) is 0.815. The van der Waals surface area contributed by atoms with Crippen molar-refractivity contribution in [3.05, 3.63) is 0 Å². The van der Waals surface area contributed by atoms with Crippen LogP contribution in [0.3, 0.4) is 0 Å². The molecule has 0 spiro atoms. The molecule has 0 bridgehead atoms. The third-order valence-electron chi connectivity index (χ3n) is 2.44. The number of carbonyl (C=O) groups excluding carboxylic acids is 1. The van der Waals surface area contributed by atoms with E-state index in [1.807, 2.05) is 34.6 Å². The SMILES string of the molecule is CCC(C)(C)N(C)C(=O)OC(C)(C)C. The van der Waals surface area contributed by atoms with Crippen LogP contribution in [0, 0.1) is 0 Å². The lowest BCUT2D eigenvalue weighted by Crippen LogP contribution is -2.46. The normalized spacial score (nSPS) is 12.5. The van der Waals surface area contributed by atoms with E-state index in [4.69, 9.17) is 4.74 Å². The van der Waals surface area contributed by atoms with Crippen LogP contribution in [-0.2, 0) is 4.74 Å². The number of ether oxygens (including phenoxy) is 1. The van der Waals surface area contributed by atoms with Gasteiger partial charge in [0.1, 0.15) is 5.60 Å². The Bertz CT molecular complexity index is 204. The molecule has 0 rings (SSSR count). The highest BCUT2D eigenvalue weighted by Gasteiger charge is 2.29. The molecule has 0 unspecified atom stereocenters. The average molecular weight is 201 g/mol. The first-order valence-electron chi connectivity index (χ1n) is 5.07. The molecule has 3 heteroatoms. The summed E-state index contributed by atoms with van der Waals surface area (Å²) >= 11 is 0.